The van der Waals surface area contributed by atoms with Gasteiger partial charge >= 0.3 is 0 Å². The Balaban J connectivity index is 1.63. The summed E-state index contributed by atoms with van der Waals surface area (Å²) < 4.78 is 16.0. The number of methoxy groups -OCH3 is 1. The maximum Gasteiger partial charge on any atom is 0.295 e. The van der Waals surface area contributed by atoms with Crippen molar-refractivity contribution in [1.29, 1.82) is 0 Å². The number of fused-ring (bicyclic) bond motifs is 1. The third-order valence-electron chi connectivity index (χ3n) is 5.72. The molecule has 33 heavy (non-hydrogen) atoms. The van der Waals surface area contributed by atoms with Crippen LogP contribution in [0, 0.1) is 0 Å². The summed E-state index contributed by atoms with van der Waals surface area (Å²) in [4.78, 5) is 31.7. The number of rotatable bonds is 5. The maximum absolute atomic E-state index is 13.2. The van der Waals surface area contributed by atoms with Crippen molar-refractivity contribution in [1.82, 2.24) is 9.88 Å². The normalized spacial score (nSPS) is 18.6. The molecule has 5 rings (SSSR count). The van der Waals surface area contributed by atoms with E-state index in [4.69, 9.17) is 14.2 Å². The molecule has 0 saturated carbocycles. The number of Topliss-reactive ketones (excluding diaryl/α,β-unsaturated/α-hetero) is 1. The number of nitrogens with zero attached hydrogens (tertiary/aromatic N) is 2. The first-order valence-electron chi connectivity index (χ1n) is 10.3. The van der Waals surface area contributed by atoms with Gasteiger partial charge in [-0.3, -0.25) is 14.6 Å². The van der Waals surface area contributed by atoms with E-state index in [1.165, 1.54) is 4.90 Å². The first-order chi connectivity index (χ1) is 16.1. The number of ketones is 1. The number of ether oxygens (including phenoxy) is 3. The van der Waals surface area contributed by atoms with Crippen molar-refractivity contribution in [2.75, 3.05) is 13.9 Å². The molecular formula is C25H20N2O6. The number of hydrogen-bond acceptors (Lipinski definition) is 7. The van der Waals surface area contributed by atoms with Crippen molar-refractivity contribution in [3.05, 3.63) is 89.3 Å². The van der Waals surface area contributed by atoms with E-state index in [2.05, 4.69) is 4.98 Å². The zero-order valence-corrected chi connectivity index (χ0v) is 17.7. The van der Waals surface area contributed by atoms with Crippen molar-refractivity contribution in [3.8, 4) is 17.2 Å². The van der Waals surface area contributed by atoms with Crippen LogP contribution in [0.2, 0.25) is 0 Å². The molecule has 1 N–H and O–H groups in total. The molecule has 1 amide bonds. The molecule has 0 radical (unpaired) electrons. The van der Waals surface area contributed by atoms with Gasteiger partial charge in [-0.25, -0.2) is 0 Å². The van der Waals surface area contributed by atoms with Crippen LogP contribution in [0.3, 0.4) is 0 Å². The zero-order chi connectivity index (χ0) is 22.9. The first kappa shape index (κ1) is 20.6. The fourth-order valence-electron chi connectivity index (χ4n) is 4.06. The number of likely N-dealkylation sites (tertiary alicyclic amines) is 1. The number of carbonyl (C=O) groups is 2. The van der Waals surface area contributed by atoms with Gasteiger partial charge in [-0.05, 0) is 53.6 Å². The van der Waals surface area contributed by atoms with Crippen molar-refractivity contribution < 1.29 is 28.9 Å². The second kappa shape index (κ2) is 8.31. The molecule has 1 aromatic heterocycles. The quantitative estimate of drug-likeness (QED) is 0.366. The fraction of sp³-hybridized carbons (Fsp3) is 0.160. The molecule has 166 valence electrons. The fourth-order valence-corrected chi connectivity index (χ4v) is 4.06. The van der Waals surface area contributed by atoms with Gasteiger partial charge in [0.25, 0.3) is 11.7 Å². The molecule has 3 aromatic rings. The molecule has 8 nitrogen and oxygen atoms in total. The average Bonchev–Trinajstić information content (AvgIpc) is 3.42. The van der Waals surface area contributed by atoms with Crippen LogP contribution in [0.5, 0.6) is 17.2 Å². The van der Waals surface area contributed by atoms with Crippen LogP contribution >= 0.6 is 0 Å². The van der Waals surface area contributed by atoms with Crippen LogP contribution in [0.25, 0.3) is 5.76 Å². The van der Waals surface area contributed by atoms with E-state index < -0.39 is 17.7 Å². The number of aromatic nitrogens is 1. The third kappa shape index (κ3) is 3.65. The summed E-state index contributed by atoms with van der Waals surface area (Å²) in [6, 6.07) is 14.7. The van der Waals surface area contributed by atoms with Crippen LogP contribution in [0.1, 0.15) is 22.7 Å². The Hall–Kier alpha value is -4.33. The van der Waals surface area contributed by atoms with Gasteiger partial charge < -0.3 is 24.2 Å². The molecule has 2 aromatic carbocycles. The van der Waals surface area contributed by atoms with Crippen LogP contribution in [0.15, 0.2) is 72.6 Å². The standard InChI is InChI=1S/C25H20N2O6/c1-31-18-5-2-16(3-6-18)22-21(23(28)17-4-7-19-20(12-17)33-14-32-19)24(29)25(30)27(22)13-15-8-10-26-11-9-15/h2-12,22,28H,13-14H2,1H3/b23-21-. The Kier molecular flexibility index (Phi) is 5.18. The van der Waals surface area contributed by atoms with E-state index in [-0.39, 0.29) is 24.7 Å². The Morgan fingerprint density at radius 3 is 2.52 bits per heavy atom. The number of pyridine rings is 1. The van der Waals surface area contributed by atoms with Crippen LogP contribution in [0.4, 0.5) is 0 Å². The van der Waals surface area contributed by atoms with Gasteiger partial charge in [0.05, 0.1) is 18.7 Å². The van der Waals surface area contributed by atoms with Crippen molar-refractivity contribution in [2.45, 2.75) is 12.6 Å². The first-order valence-corrected chi connectivity index (χ1v) is 10.3. The minimum Gasteiger partial charge on any atom is -0.507 e. The molecule has 0 bridgehead atoms. The van der Waals surface area contributed by atoms with Gasteiger partial charge in [-0.15, -0.1) is 0 Å². The molecule has 0 spiro atoms. The number of carbonyl (C=O) groups excluding carboxylic acids is 2. The van der Waals surface area contributed by atoms with E-state index in [1.807, 2.05) is 0 Å². The summed E-state index contributed by atoms with van der Waals surface area (Å²) in [5.41, 5.74) is 1.86. The maximum atomic E-state index is 13.2. The number of amides is 1. The van der Waals surface area contributed by atoms with E-state index in [0.29, 0.717) is 28.4 Å². The summed E-state index contributed by atoms with van der Waals surface area (Å²) >= 11 is 0. The highest BCUT2D eigenvalue weighted by atomic mass is 16.7. The monoisotopic (exact) mass is 444 g/mol. The Labute approximate surface area is 189 Å². The number of benzene rings is 2. The van der Waals surface area contributed by atoms with E-state index in [9.17, 15) is 14.7 Å². The topological polar surface area (TPSA) is 98.2 Å². The number of aliphatic hydroxyl groups excluding tert-OH is 1. The Bertz CT molecular complexity index is 1250. The lowest BCUT2D eigenvalue weighted by molar-refractivity contribution is -0.140. The molecular weight excluding hydrogens is 424 g/mol. The summed E-state index contributed by atoms with van der Waals surface area (Å²) in [5.74, 6) is -0.0530. The van der Waals surface area contributed by atoms with E-state index in [1.54, 1.807) is 74.1 Å². The zero-order valence-electron chi connectivity index (χ0n) is 17.7. The van der Waals surface area contributed by atoms with Crippen LogP contribution in [-0.2, 0) is 16.1 Å². The molecule has 2 aliphatic heterocycles. The van der Waals surface area contributed by atoms with Gasteiger partial charge in [0, 0.05) is 24.5 Å². The highest BCUT2D eigenvalue weighted by Crippen LogP contribution is 2.42. The minimum absolute atomic E-state index is 0.0121. The Morgan fingerprint density at radius 1 is 1.06 bits per heavy atom. The lowest BCUT2D eigenvalue weighted by Crippen LogP contribution is -2.29. The van der Waals surface area contributed by atoms with Gasteiger partial charge in [0.15, 0.2) is 11.5 Å². The van der Waals surface area contributed by atoms with Crippen molar-refractivity contribution in [2.24, 2.45) is 0 Å². The van der Waals surface area contributed by atoms with Crippen LogP contribution < -0.4 is 14.2 Å². The average molecular weight is 444 g/mol. The predicted molar refractivity (Wildman–Crippen MR) is 118 cm³/mol. The third-order valence-corrected chi connectivity index (χ3v) is 5.72. The largest absolute Gasteiger partial charge is 0.507 e. The van der Waals surface area contributed by atoms with E-state index in [0.717, 1.165) is 5.56 Å². The van der Waals surface area contributed by atoms with Crippen LogP contribution in [-0.4, -0.2) is 40.6 Å². The number of aliphatic hydroxyl groups is 1. The lowest BCUT2D eigenvalue weighted by Gasteiger charge is -2.25. The van der Waals surface area contributed by atoms with Crippen molar-refractivity contribution >= 4 is 17.4 Å². The molecule has 8 heteroatoms. The second-order valence-corrected chi connectivity index (χ2v) is 7.62. The van der Waals surface area contributed by atoms with Gasteiger partial charge in [-0.2, -0.15) is 0 Å². The summed E-state index contributed by atoms with van der Waals surface area (Å²) in [7, 11) is 1.56. The molecule has 2 aliphatic rings. The second-order valence-electron chi connectivity index (χ2n) is 7.62. The number of hydrogen-bond donors (Lipinski definition) is 1. The molecule has 1 fully saturated rings. The summed E-state index contributed by atoms with van der Waals surface area (Å²) in [6.07, 6.45) is 3.25. The van der Waals surface area contributed by atoms with Crippen molar-refractivity contribution in [3.63, 3.8) is 0 Å². The molecule has 0 aliphatic carbocycles. The lowest BCUT2D eigenvalue weighted by atomic mass is 9.95. The minimum atomic E-state index is -0.783. The molecule has 3 heterocycles. The summed E-state index contributed by atoms with van der Waals surface area (Å²) in [6.45, 7) is 0.267. The predicted octanol–water partition coefficient (Wildman–Crippen LogP) is 3.44. The summed E-state index contributed by atoms with van der Waals surface area (Å²) in [5, 5.41) is 11.2. The molecule has 1 unspecified atom stereocenters. The van der Waals surface area contributed by atoms with Gasteiger partial charge in [-0.1, -0.05) is 12.1 Å². The Morgan fingerprint density at radius 2 is 1.79 bits per heavy atom. The van der Waals surface area contributed by atoms with E-state index >= 15 is 0 Å². The SMILES string of the molecule is COc1ccc(C2/C(=C(/O)c3ccc4c(c3)OCO4)C(=O)C(=O)N2Cc2ccncc2)cc1. The highest BCUT2D eigenvalue weighted by Gasteiger charge is 2.46. The highest BCUT2D eigenvalue weighted by molar-refractivity contribution is 6.46. The molecule has 1 atom stereocenters. The molecule has 1 saturated heterocycles. The van der Waals surface area contributed by atoms with Gasteiger partial charge in [0.1, 0.15) is 11.5 Å². The van der Waals surface area contributed by atoms with Gasteiger partial charge in [0.2, 0.25) is 6.79 Å². The smallest absolute Gasteiger partial charge is 0.295 e.